The number of halogens is 1. The van der Waals surface area contributed by atoms with Gasteiger partial charge in [-0.25, -0.2) is 4.39 Å². The molecule has 0 spiro atoms. The highest BCUT2D eigenvalue weighted by molar-refractivity contribution is 5.76. The monoisotopic (exact) mass is 435 g/mol. The van der Waals surface area contributed by atoms with Crippen molar-refractivity contribution in [3.8, 4) is 0 Å². The molecule has 0 bridgehead atoms. The highest BCUT2D eigenvalue weighted by Crippen LogP contribution is 2.29. The van der Waals surface area contributed by atoms with Crippen LogP contribution < -0.4 is 0 Å². The third-order valence-corrected chi connectivity index (χ3v) is 6.62. The number of hydrogen-bond donors (Lipinski definition) is 1. The van der Waals surface area contributed by atoms with Crippen molar-refractivity contribution in [3.63, 3.8) is 0 Å². The minimum absolute atomic E-state index is 0.0632. The average molecular weight is 436 g/mol. The number of fused-ring (bicyclic) bond motifs is 1. The molecule has 1 amide bonds. The Bertz CT molecular complexity index is 743. The molecule has 3 fully saturated rings. The van der Waals surface area contributed by atoms with Gasteiger partial charge >= 0.3 is 0 Å². The molecule has 0 radical (unpaired) electrons. The molecule has 3 saturated heterocycles. The zero-order valence-electron chi connectivity index (χ0n) is 18.3. The van der Waals surface area contributed by atoms with Crippen molar-refractivity contribution in [2.75, 3.05) is 53.0 Å². The van der Waals surface area contributed by atoms with Gasteiger partial charge in [-0.15, -0.1) is 0 Å². The molecule has 1 N–H and O–H groups in total. The Hall–Kier alpha value is -1.58. The number of benzene rings is 1. The normalized spacial score (nSPS) is 31.0. The van der Waals surface area contributed by atoms with Crippen molar-refractivity contribution in [2.45, 2.75) is 50.2 Å². The molecule has 3 heterocycles. The van der Waals surface area contributed by atoms with Crippen LogP contribution >= 0.6 is 0 Å². The van der Waals surface area contributed by atoms with Crippen LogP contribution in [0.3, 0.4) is 0 Å². The number of carbonyl (C=O) groups excluding carboxylic acids is 1. The second-order valence-corrected chi connectivity index (χ2v) is 9.08. The summed E-state index contributed by atoms with van der Waals surface area (Å²) in [4.78, 5) is 19.1. The number of aliphatic hydroxyl groups is 1. The topological polar surface area (TPSA) is 65.5 Å². The van der Waals surface area contributed by atoms with Crippen LogP contribution in [0.1, 0.15) is 24.8 Å². The molecule has 0 saturated carbocycles. The van der Waals surface area contributed by atoms with Gasteiger partial charge in [0, 0.05) is 45.3 Å². The van der Waals surface area contributed by atoms with Crippen LogP contribution in [0.5, 0.6) is 0 Å². The Labute approximate surface area is 183 Å². The first-order chi connectivity index (χ1) is 15.0. The van der Waals surface area contributed by atoms with Gasteiger partial charge in [-0.2, -0.15) is 0 Å². The van der Waals surface area contributed by atoms with Crippen molar-refractivity contribution in [1.82, 2.24) is 14.7 Å². The quantitative estimate of drug-likeness (QED) is 0.764. The van der Waals surface area contributed by atoms with E-state index in [9.17, 15) is 14.3 Å². The van der Waals surface area contributed by atoms with Crippen LogP contribution in [0.2, 0.25) is 0 Å². The van der Waals surface area contributed by atoms with Crippen LogP contribution in [0.25, 0.3) is 0 Å². The van der Waals surface area contributed by atoms with E-state index in [4.69, 9.17) is 9.47 Å². The molecule has 31 heavy (non-hydrogen) atoms. The third kappa shape index (κ3) is 6.02. The minimum atomic E-state index is -0.592. The summed E-state index contributed by atoms with van der Waals surface area (Å²) in [7, 11) is 2.08. The summed E-state index contributed by atoms with van der Waals surface area (Å²) in [5.41, 5.74) is 0.875. The minimum Gasteiger partial charge on any atom is -0.389 e. The first-order valence-corrected chi connectivity index (χ1v) is 11.3. The fraction of sp³-hybridized carbons (Fsp3) is 0.696. The van der Waals surface area contributed by atoms with Crippen LogP contribution in [-0.2, 0) is 20.8 Å². The maximum absolute atomic E-state index is 13.7. The molecule has 4 rings (SSSR count). The zero-order valence-corrected chi connectivity index (χ0v) is 18.3. The summed E-state index contributed by atoms with van der Waals surface area (Å²) in [5, 5.41) is 10.3. The lowest BCUT2D eigenvalue weighted by Crippen LogP contribution is -2.55. The number of nitrogens with zero attached hydrogens (tertiary/aromatic N) is 3. The summed E-state index contributed by atoms with van der Waals surface area (Å²) in [6, 6.07) is 6.66. The van der Waals surface area contributed by atoms with Gasteiger partial charge in [-0.1, -0.05) is 12.1 Å². The van der Waals surface area contributed by atoms with E-state index in [0.717, 1.165) is 44.6 Å². The molecule has 3 aliphatic rings. The third-order valence-electron chi connectivity index (χ3n) is 6.62. The molecule has 0 unspecified atom stereocenters. The summed E-state index contributed by atoms with van der Waals surface area (Å²) in [6.45, 7) is 5.00. The van der Waals surface area contributed by atoms with Crippen molar-refractivity contribution in [1.29, 1.82) is 0 Å². The highest BCUT2D eigenvalue weighted by atomic mass is 19.1. The van der Waals surface area contributed by atoms with Crippen LogP contribution in [0.15, 0.2) is 24.3 Å². The van der Waals surface area contributed by atoms with Gasteiger partial charge in [0.1, 0.15) is 5.82 Å². The molecular weight excluding hydrogens is 401 g/mol. The predicted molar refractivity (Wildman–Crippen MR) is 114 cm³/mol. The molecule has 1 aromatic rings. The second-order valence-electron chi connectivity index (χ2n) is 9.08. The van der Waals surface area contributed by atoms with E-state index in [2.05, 4.69) is 16.8 Å². The fourth-order valence-electron chi connectivity index (χ4n) is 4.88. The zero-order chi connectivity index (χ0) is 21.8. The lowest BCUT2D eigenvalue weighted by Gasteiger charge is -2.45. The van der Waals surface area contributed by atoms with Crippen molar-refractivity contribution >= 4 is 5.91 Å². The SMILES string of the molecule is CN1CCN(C(=O)C[C@@H]2CC[C@@H]3[C@H](COC[C@H](O)CN3Cc3cccc(F)c3)O2)CC1. The number of rotatable bonds is 4. The van der Waals surface area contributed by atoms with Crippen LogP contribution in [0, 0.1) is 5.82 Å². The summed E-state index contributed by atoms with van der Waals surface area (Å²) in [5.74, 6) is -0.0947. The number of β-amino-alcohol motifs (C(OH)–C–C–N with tert-alkyl or cyclic N) is 1. The lowest BCUT2D eigenvalue weighted by atomic mass is 9.94. The Morgan fingerprint density at radius 3 is 2.77 bits per heavy atom. The van der Waals surface area contributed by atoms with Crippen LogP contribution in [-0.4, -0.2) is 103 Å². The van der Waals surface area contributed by atoms with Gasteiger partial charge in [0.05, 0.1) is 37.9 Å². The summed E-state index contributed by atoms with van der Waals surface area (Å²) in [6.07, 6.45) is 1.18. The van der Waals surface area contributed by atoms with Crippen molar-refractivity contribution in [3.05, 3.63) is 35.6 Å². The summed E-state index contributed by atoms with van der Waals surface area (Å²) >= 11 is 0. The maximum atomic E-state index is 13.7. The number of carbonyl (C=O) groups is 1. The standard InChI is InChI=1S/C23H34FN3O4/c1-25-7-9-26(10-8-25)23(29)12-20-5-6-21-22(31-20)16-30-15-19(28)14-27(21)13-17-3-2-4-18(24)11-17/h2-4,11,19-22,28H,5-10,12-16H2,1H3/t19-,20+,21-,22+/m1/s1. The number of amides is 1. The van der Waals surface area contributed by atoms with Gasteiger partial charge in [0.15, 0.2) is 0 Å². The Morgan fingerprint density at radius 1 is 1.19 bits per heavy atom. The van der Waals surface area contributed by atoms with Crippen LogP contribution in [0.4, 0.5) is 4.39 Å². The van der Waals surface area contributed by atoms with Gasteiger partial charge in [0.2, 0.25) is 5.91 Å². The van der Waals surface area contributed by atoms with E-state index in [1.54, 1.807) is 6.07 Å². The molecule has 0 aliphatic carbocycles. The molecule has 0 aromatic heterocycles. The Morgan fingerprint density at radius 2 is 2.00 bits per heavy atom. The van der Waals surface area contributed by atoms with E-state index < -0.39 is 6.10 Å². The van der Waals surface area contributed by atoms with E-state index in [1.165, 1.54) is 12.1 Å². The molecule has 172 valence electrons. The lowest BCUT2D eigenvalue weighted by molar-refractivity contribution is -0.161. The number of likely N-dealkylation sites (N-methyl/N-ethyl adjacent to an activating group) is 1. The van der Waals surface area contributed by atoms with E-state index in [1.807, 2.05) is 11.0 Å². The number of aliphatic hydroxyl groups excluding tert-OH is 1. The number of piperazine rings is 1. The average Bonchev–Trinajstić information content (AvgIpc) is 2.73. The first kappa shape index (κ1) is 22.6. The Kier molecular flexibility index (Phi) is 7.55. The number of hydrogen-bond acceptors (Lipinski definition) is 6. The van der Waals surface area contributed by atoms with Gasteiger partial charge < -0.3 is 24.4 Å². The molecule has 4 atom stereocenters. The number of ether oxygens (including phenoxy) is 2. The molecule has 8 heteroatoms. The van der Waals surface area contributed by atoms with Gasteiger partial charge in [0.25, 0.3) is 0 Å². The van der Waals surface area contributed by atoms with Crippen molar-refractivity contribution < 1.29 is 23.8 Å². The second kappa shape index (κ2) is 10.4. The molecule has 1 aromatic carbocycles. The molecular formula is C23H34FN3O4. The van der Waals surface area contributed by atoms with Crippen molar-refractivity contribution in [2.24, 2.45) is 0 Å². The fourth-order valence-corrected chi connectivity index (χ4v) is 4.88. The van der Waals surface area contributed by atoms with E-state index in [0.29, 0.717) is 26.1 Å². The maximum Gasteiger partial charge on any atom is 0.225 e. The predicted octanol–water partition coefficient (Wildman–Crippen LogP) is 1.10. The Balaban J connectivity index is 1.38. The molecule has 7 nitrogen and oxygen atoms in total. The molecule has 3 aliphatic heterocycles. The largest absolute Gasteiger partial charge is 0.389 e. The van der Waals surface area contributed by atoms with E-state index >= 15 is 0 Å². The first-order valence-electron chi connectivity index (χ1n) is 11.3. The van der Waals surface area contributed by atoms with Gasteiger partial charge in [-0.05, 0) is 37.6 Å². The highest BCUT2D eigenvalue weighted by Gasteiger charge is 2.38. The smallest absolute Gasteiger partial charge is 0.225 e. The van der Waals surface area contributed by atoms with Gasteiger partial charge in [-0.3, -0.25) is 9.69 Å². The summed E-state index contributed by atoms with van der Waals surface area (Å²) < 4.78 is 25.7. The van der Waals surface area contributed by atoms with E-state index in [-0.39, 0.29) is 36.6 Å².